The van der Waals surface area contributed by atoms with Crippen LogP contribution in [0, 0.1) is 5.92 Å². The van der Waals surface area contributed by atoms with E-state index in [0.29, 0.717) is 12.2 Å². The van der Waals surface area contributed by atoms with Crippen LogP contribution >= 0.6 is 0 Å². The normalized spacial score (nSPS) is 11.8. The number of carbonyl (C=O) groups is 3. The first kappa shape index (κ1) is 17.6. The van der Waals surface area contributed by atoms with E-state index in [1.54, 1.807) is 45.2 Å². The van der Waals surface area contributed by atoms with Crippen LogP contribution in [-0.4, -0.2) is 31.1 Å². The minimum Gasteiger partial charge on any atom is -0.448 e. The fourth-order valence-corrected chi connectivity index (χ4v) is 1.77. The number of esters is 1. The van der Waals surface area contributed by atoms with E-state index < -0.39 is 24.0 Å². The quantitative estimate of drug-likeness (QED) is 0.768. The van der Waals surface area contributed by atoms with Crippen molar-refractivity contribution in [1.29, 1.82) is 0 Å². The molecule has 0 saturated heterocycles. The molecule has 0 radical (unpaired) electrons. The van der Waals surface area contributed by atoms with E-state index in [9.17, 15) is 14.4 Å². The van der Waals surface area contributed by atoms with Crippen LogP contribution in [0.4, 0.5) is 4.79 Å². The standard InChI is InChI=1S/C15H20N2O5/c1-9(2)12(13(18)17-15(16)20)22-14(19)11-6-4-10(5-7-11)8-21-3/h4-7,9,12H,8H2,1-3H3,(H3,16,17,18,20)/t12-/m1/s1. The van der Waals surface area contributed by atoms with Gasteiger partial charge in [0.15, 0.2) is 6.10 Å². The molecule has 3 amide bonds. The number of benzene rings is 1. The Morgan fingerprint density at radius 2 is 1.77 bits per heavy atom. The predicted octanol–water partition coefficient (Wildman–Crippen LogP) is 1.21. The number of amides is 3. The maximum Gasteiger partial charge on any atom is 0.338 e. The highest BCUT2D eigenvalue weighted by atomic mass is 16.5. The fourth-order valence-electron chi connectivity index (χ4n) is 1.77. The van der Waals surface area contributed by atoms with Crippen molar-refractivity contribution in [3.05, 3.63) is 35.4 Å². The third kappa shape index (κ3) is 5.17. The zero-order valence-electron chi connectivity index (χ0n) is 12.8. The number of urea groups is 1. The molecule has 0 heterocycles. The highest BCUT2D eigenvalue weighted by molar-refractivity contribution is 5.98. The highest BCUT2D eigenvalue weighted by Crippen LogP contribution is 2.12. The van der Waals surface area contributed by atoms with Gasteiger partial charge in [-0.2, -0.15) is 0 Å². The van der Waals surface area contributed by atoms with Gasteiger partial charge < -0.3 is 15.2 Å². The molecular weight excluding hydrogens is 288 g/mol. The minimum absolute atomic E-state index is 0.303. The lowest BCUT2D eigenvalue weighted by Gasteiger charge is -2.19. The van der Waals surface area contributed by atoms with Crippen LogP contribution in [0.3, 0.4) is 0 Å². The van der Waals surface area contributed by atoms with E-state index >= 15 is 0 Å². The molecule has 1 aromatic rings. The number of imide groups is 1. The molecule has 1 atom stereocenters. The maximum absolute atomic E-state index is 12.1. The molecule has 0 unspecified atom stereocenters. The van der Waals surface area contributed by atoms with Gasteiger partial charge in [-0.15, -0.1) is 0 Å². The average Bonchev–Trinajstić information content (AvgIpc) is 2.44. The Hall–Kier alpha value is -2.41. The summed E-state index contributed by atoms with van der Waals surface area (Å²) >= 11 is 0. The SMILES string of the molecule is COCc1ccc(C(=O)O[C@@H](C(=O)NC(N)=O)C(C)C)cc1. The molecule has 1 rings (SSSR count). The van der Waals surface area contributed by atoms with Gasteiger partial charge in [-0.05, 0) is 23.6 Å². The Balaban J connectivity index is 2.78. The van der Waals surface area contributed by atoms with Crippen LogP contribution in [0.1, 0.15) is 29.8 Å². The van der Waals surface area contributed by atoms with Gasteiger partial charge in [0, 0.05) is 7.11 Å². The number of nitrogens with two attached hydrogens (primary N) is 1. The van der Waals surface area contributed by atoms with Gasteiger partial charge in [0.05, 0.1) is 12.2 Å². The first-order chi connectivity index (χ1) is 10.3. The van der Waals surface area contributed by atoms with Crippen LogP contribution in [-0.2, 0) is 20.9 Å². The van der Waals surface area contributed by atoms with Gasteiger partial charge in [0.1, 0.15) is 0 Å². The van der Waals surface area contributed by atoms with Crippen molar-refractivity contribution in [2.24, 2.45) is 11.7 Å². The molecule has 0 aliphatic carbocycles. The van der Waals surface area contributed by atoms with Gasteiger partial charge in [0.25, 0.3) is 5.91 Å². The first-order valence-electron chi connectivity index (χ1n) is 6.74. The van der Waals surface area contributed by atoms with E-state index in [0.717, 1.165) is 5.56 Å². The molecule has 7 nitrogen and oxygen atoms in total. The molecule has 3 N–H and O–H groups in total. The number of nitrogens with one attached hydrogen (secondary N) is 1. The summed E-state index contributed by atoms with van der Waals surface area (Å²) in [6, 6.07) is 5.64. The van der Waals surface area contributed by atoms with Crippen molar-refractivity contribution >= 4 is 17.9 Å². The number of carbonyl (C=O) groups excluding carboxylic acids is 3. The van der Waals surface area contributed by atoms with E-state index in [-0.39, 0.29) is 5.92 Å². The summed E-state index contributed by atoms with van der Waals surface area (Å²) in [6.45, 7) is 3.82. The van der Waals surface area contributed by atoms with Gasteiger partial charge in [-0.1, -0.05) is 26.0 Å². The molecule has 0 aliphatic heterocycles. The Bertz CT molecular complexity index is 539. The topological polar surface area (TPSA) is 108 Å². The number of ether oxygens (including phenoxy) is 2. The fraction of sp³-hybridized carbons (Fsp3) is 0.400. The first-order valence-corrected chi connectivity index (χ1v) is 6.74. The summed E-state index contributed by atoms with van der Waals surface area (Å²) in [7, 11) is 1.58. The molecule has 0 fully saturated rings. The van der Waals surface area contributed by atoms with Gasteiger partial charge in [0.2, 0.25) is 0 Å². The molecule has 120 valence electrons. The number of hydrogen-bond acceptors (Lipinski definition) is 5. The summed E-state index contributed by atoms with van der Waals surface area (Å²) in [5.41, 5.74) is 6.11. The molecule has 0 aromatic heterocycles. The third-order valence-corrected chi connectivity index (χ3v) is 2.84. The minimum atomic E-state index is -1.10. The summed E-state index contributed by atoms with van der Waals surface area (Å²) in [4.78, 5) is 34.6. The van der Waals surface area contributed by atoms with Crippen LogP contribution in [0.25, 0.3) is 0 Å². The van der Waals surface area contributed by atoms with Crippen molar-refractivity contribution in [3.8, 4) is 0 Å². The van der Waals surface area contributed by atoms with Gasteiger partial charge in [-0.25, -0.2) is 9.59 Å². The zero-order chi connectivity index (χ0) is 16.7. The van der Waals surface area contributed by atoms with Gasteiger partial charge in [-0.3, -0.25) is 10.1 Å². The van der Waals surface area contributed by atoms with E-state index in [1.807, 2.05) is 5.32 Å². The lowest BCUT2D eigenvalue weighted by molar-refractivity contribution is -0.130. The summed E-state index contributed by atoms with van der Waals surface area (Å²) in [5.74, 6) is -1.70. The number of methoxy groups -OCH3 is 1. The number of rotatable bonds is 6. The molecule has 22 heavy (non-hydrogen) atoms. The van der Waals surface area contributed by atoms with E-state index in [4.69, 9.17) is 15.2 Å². The maximum atomic E-state index is 12.1. The highest BCUT2D eigenvalue weighted by Gasteiger charge is 2.27. The zero-order valence-corrected chi connectivity index (χ0v) is 12.8. The Morgan fingerprint density at radius 1 is 1.18 bits per heavy atom. The second-order valence-electron chi connectivity index (χ2n) is 5.05. The number of primary amides is 1. The molecule has 1 aromatic carbocycles. The third-order valence-electron chi connectivity index (χ3n) is 2.84. The molecule has 7 heteroatoms. The monoisotopic (exact) mass is 308 g/mol. The lowest BCUT2D eigenvalue weighted by atomic mass is 10.1. The summed E-state index contributed by atoms with van der Waals surface area (Å²) in [6.07, 6.45) is -1.10. The van der Waals surface area contributed by atoms with Crippen molar-refractivity contribution in [2.75, 3.05) is 7.11 Å². The Labute approximate surface area is 128 Å². The smallest absolute Gasteiger partial charge is 0.338 e. The molecule has 0 spiro atoms. The molecular formula is C15H20N2O5. The molecule has 0 aliphatic rings. The van der Waals surface area contributed by atoms with E-state index in [2.05, 4.69) is 0 Å². The van der Waals surface area contributed by atoms with Crippen LogP contribution in [0.5, 0.6) is 0 Å². The number of hydrogen-bond donors (Lipinski definition) is 2. The summed E-state index contributed by atoms with van der Waals surface area (Å²) in [5, 5.41) is 1.91. The van der Waals surface area contributed by atoms with Crippen molar-refractivity contribution in [1.82, 2.24) is 5.32 Å². The van der Waals surface area contributed by atoms with Crippen LogP contribution in [0.2, 0.25) is 0 Å². The van der Waals surface area contributed by atoms with Gasteiger partial charge >= 0.3 is 12.0 Å². The predicted molar refractivity (Wildman–Crippen MR) is 78.9 cm³/mol. The average molecular weight is 308 g/mol. The summed E-state index contributed by atoms with van der Waals surface area (Å²) < 4.78 is 10.2. The van der Waals surface area contributed by atoms with Crippen LogP contribution < -0.4 is 11.1 Å². The van der Waals surface area contributed by atoms with Crippen molar-refractivity contribution < 1.29 is 23.9 Å². The lowest BCUT2D eigenvalue weighted by Crippen LogP contribution is -2.45. The molecule has 0 saturated carbocycles. The van der Waals surface area contributed by atoms with E-state index in [1.165, 1.54) is 0 Å². The largest absolute Gasteiger partial charge is 0.448 e. The van der Waals surface area contributed by atoms with Crippen molar-refractivity contribution in [2.45, 2.75) is 26.6 Å². The Kier molecular flexibility index (Phi) is 6.52. The van der Waals surface area contributed by atoms with Crippen molar-refractivity contribution in [3.63, 3.8) is 0 Å². The molecule has 0 bridgehead atoms. The second kappa shape index (κ2) is 8.14. The Morgan fingerprint density at radius 3 is 2.23 bits per heavy atom. The van der Waals surface area contributed by atoms with Crippen LogP contribution in [0.15, 0.2) is 24.3 Å². The second-order valence-corrected chi connectivity index (χ2v) is 5.05.